The Balaban J connectivity index is 1.52. The fraction of sp³-hybridized carbons (Fsp3) is 0.421. The molecular formula is C19H14BrNO3S3. The van der Waals surface area contributed by atoms with Crippen molar-refractivity contribution in [3.8, 4) is 0 Å². The molecule has 8 heteroatoms. The van der Waals surface area contributed by atoms with Crippen LogP contribution >= 0.6 is 51.2 Å². The quantitative estimate of drug-likeness (QED) is 0.363. The predicted octanol–water partition coefficient (Wildman–Crippen LogP) is 4.76. The Morgan fingerprint density at radius 1 is 1.11 bits per heavy atom. The predicted molar refractivity (Wildman–Crippen MR) is 108 cm³/mol. The summed E-state index contributed by atoms with van der Waals surface area (Å²) >= 11 is 12.4. The number of nitrogens with one attached hydrogen (secondary N) is 1. The Bertz CT molecular complexity index is 1050. The number of carbonyl (C=O) groups is 2. The maximum Gasteiger partial charge on any atom is 0.317 e. The highest BCUT2D eigenvalue weighted by Crippen LogP contribution is 2.68. The summed E-state index contributed by atoms with van der Waals surface area (Å²) in [5, 5.41) is 1.46. The molecule has 1 aromatic heterocycles. The number of fused-ring (bicyclic) bond motifs is 9. The molecule has 1 N–H and O–H groups in total. The number of cyclic esters (lactones) is 2. The molecule has 27 heavy (non-hydrogen) atoms. The van der Waals surface area contributed by atoms with Crippen molar-refractivity contribution in [1.29, 1.82) is 0 Å². The number of benzene rings is 1. The van der Waals surface area contributed by atoms with Gasteiger partial charge in [0, 0.05) is 20.5 Å². The van der Waals surface area contributed by atoms with Crippen molar-refractivity contribution in [2.75, 3.05) is 0 Å². The van der Waals surface area contributed by atoms with Crippen LogP contribution in [0.25, 0.3) is 0 Å². The highest BCUT2D eigenvalue weighted by molar-refractivity contribution is 9.10. The van der Waals surface area contributed by atoms with Gasteiger partial charge in [0.1, 0.15) is 0 Å². The standard InChI is InChI=1S/C19H14BrNO3S3/c20-7-3-1-6(2-4-7)10-11-8-5-9(13-12(8)17(22)24-18(13)23)14(11)26-16-15(10)27-19(25)21-16/h1-4,8-14H,5H2,(H,21,25). The summed E-state index contributed by atoms with van der Waals surface area (Å²) in [6.45, 7) is 0. The van der Waals surface area contributed by atoms with E-state index >= 15 is 0 Å². The van der Waals surface area contributed by atoms with E-state index in [-0.39, 0.29) is 41.5 Å². The van der Waals surface area contributed by atoms with Gasteiger partial charge in [-0.2, -0.15) is 0 Å². The van der Waals surface area contributed by atoms with Gasteiger partial charge in [-0.15, -0.1) is 23.1 Å². The van der Waals surface area contributed by atoms with Crippen LogP contribution in [0.4, 0.5) is 0 Å². The van der Waals surface area contributed by atoms with Gasteiger partial charge in [-0.1, -0.05) is 28.1 Å². The lowest BCUT2D eigenvalue weighted by Gasteiger charge is -2.42. The molecule has 3 heterocycles. The number of H-pyrrole nitrogens is 1. The van der Waals surface area contributed by atoms with E-state index in [4.69, 9.17) is 17.0 Å². The topological polar surface area (TPSA) is 59.2 Å². The fourth-order valence-electron chi connectivity index (χ4n) is 5.86. The number of carbonyl (C=O) groups excluding carboxylic acids is 2. The third-order valence-corrected chi connectivity index (χ3v) is 10.2. The SMILES string of the molecule is O=C1OC(=O)C2C3CC(C4Sc5[nH]c(=S)sc5C(c5ccc(Br)cc5)C34)C12. The molecule has 1 aromatic carbocycles. The van der Waals surface area contributed by atoms with Crippen LogP contribution in [0.2, 0.25) is 0 Å². The molecule has 138 valence electrons. The molecule has 7 unspecified atom stereocenters. The zero-order valence-corrected chi connectivity index (χ0v) is 17.9. The molecule has 2 saturated carbocycles. The molecule has 0 spiro atoms. The molecule has 1 saturated heterocycles. The normalized spacial score (nSPS) is 38.5. The minimum Gasteiger partial charge on any atom is -0.393 e. The molecule has 2 aliphatic heterocycles. The summed E-state index contributed by atoms with van der Waals surface area (Å²) in [7, 11) is 0. The summed E-state index contributed by atoms with van der Waals surface area (Å²) in [5.74, 6) is -0.160. The Hall–Kier alpha value is -0.960. The second kappa shape index (κ2) is 5.78. The first kappa shape index (κ1) is 16.9. The third kappa shape index (κ3) is 2.24. The number of aromatic amines is 1. The Kier molecular flexibility index (Phi) is 3.63. The Labute approximate surface area is 177 Å². The van der Waals surface area contributed by atoms with E-state index in [0.717, 1.165) is 19.9 Å². The summed E-state index contributed by atoms with van der Waals surface area (Å²) in [5.41, 5.74) is 1.25. The third-order valence-electron chi connectivity index (χ3n) is 6.69. The second-order valence-corrected chi connectivity index (χ2v) is 11.6. The lowest BCUT2D eigenvalue weighted by Crippen LogP contribution is -2.42. The monoisotopic (exact) mass is 479 g/mol. The average molecular weight is 480 g/mol. The molecule has 6 rings (SSSR count). The van der Waals surface area contributed by atoms with E-state index in [0.29, 0.717) is 11.2 Å². The number of halogens is 1. The lowest BCUT2D eigenvalue weighted by molar-refractivity contribution is -0.154. The molecule has 0 radical (unpaired) electrons. The maximum atomic E-state index is 12.4. The lowest BCUT2D eigenvalue weighted by atomic mass is 9.68. The van der Waals surface area contributed by atoms with Crippen molar-refractivity contribution in [3.05, 3.63) is 43.1 Å². The Morgan fingerprint density at radius 2 is 1.81 bits per heavy atom. The first-order valence-corrected chi connectivity index (χ1v) is 11.8. The molecule has 2 aromatic rings. The number of hydrogen-bond donors (Lipinski definition) is 1. The van der Waals surface area contributed by atoms with E-state index in [1.807, 2.05) is 11.8 Å². The molecule has 4 aliphatic rings. The van der Waals surface area contributed by atoms with Gasteiger partial charge in [-0.25, -0.2) is 0 Å². The number of esters is 2. The van der Waals surface area contributed by atoms with E-state index in [1.54, 1.807) is 11.3 Å². The van der Waals surface area contributed by atoms with Gasteiger partial charge < -0.3 is 9.72 Å². The largest absolute Gasteiger partial charge is 0.393 e. The van der Waals surface area contributed by atoms with Crippen molar-refractivity contribution in [2.45, 2.75) is 22.6 Å². The summed E-state index contributed by atoms with van der Waals surface area (Å²) < 4.78 is 6.87. The molecule has 4 nitrogen and oxygen atoms in total. The van der Waals surface area contributed by atoms with Crippen LogP contribution in [0.15, 0.2) is 33.8 Å². The van der Waals surface area contributed by atoms with Crippen molar-refractivity contribution in [2.24, 2.45) is 29.6 Å². The van der Waals surface area contributed by atoms with E-state index < -0.39 is 0 Å². The van der Waals surface area contributed by atoms with Crippen molar-refractivity contribution in [1.82, 2.24) is 4.98 Å². The minimum atomic E-state index is -0.305. The second-order valence-electron chi connectivity index (χ2n) is 7.75. The maximum absolute atomic E-state index is 12.4. The number of ether oxygens (including phenoxy) is 1. The Morgan fingerprint density at radius 3 is 2.56 bits per heavy atom. The van der Waals surface area contributed by atoms with Crippen molar-refractivity contribution in [3.63, 3.8) is 0 Å². The highest BCUT2D eigenvalue weighted by atomic mass is 79.9. The van der Waals surface area contributed by atoms with Gasteiger partial charge in [0.05, 0.1) is 16.9 Å². The molecule has 0 amide bonds. The van der Waals surface area contributed by atoms with Gasteiger partial charge in [0.15, 0.2) is 3.95 Å². The molecule has 7 atom stereocenters. The first-order valence-electron chi connectivity index (χ1n) is 8.93. The summed E-state index contributed by atoms with van der Waals surface area (Å²) in [6.07, 6.45) is 0.946. The average Bonchev–Trinajstić information content (AvgIpc) is 3.35. The van der Waals surface area contributed by atoms with Crippen molar-refractivity contribution < 1.29 is 14.3 Å². The molecular weight excluding hydrogens is 466 g/mol. The van der Waals surface area contributed by atoms with Gasteiger partial charge >= 0.3 is 11.9 Å². The number of aromatic nitrogens is 1. The smallest absolute Gasteiger partial charge is 0.317 e. The molecule has 2 bridgehead atoms. The summed E-state index contributed by atoms with van der Waals surface area (Å²) in [4.78, 5) is 29.3. The number of rotatable bonds is 1. The van der Waals surface area contributed by atoms with E-state index in [1.165, 1.54) is 10.4 Å². The van der Waals surface area contributed by atoms with E-state index in [2.05, 4.69) is 45.2 Å². The number of hydrogen-bond acceptors (Lipinski definition) is 6. The van der Waals surface area contributed by atoms with Crippen LogP contribution in [0, 0.1) is 33.5 Å². The van der Waals surface area contributed by atoms with Gasteiger partial charge in [0.2, 0.25) is 0 Å². The highest BCUT2D eigenvalue weighted by Gasteiger charge is 2.69. The fourth-order valence-corrected chi connectivity index (χ4v) is 9.46. The first-order chi connectivity index (χ1) is 13.0. The number of thiazole rings is 1. The zero-order valence-electron chi connectivity index (χ0n) is 13.9. The molecule has 2 aliphatic carbocycles. The van der Waals surface area contributed by atoms with Crippen LogP contribution in [0.1, 0.15) is 22.8 Å². The van der Waals surface area contributed by atoms with Crippen LogP contribution in [0.5, 0.6) is 0 Å². The van der Waals surface area contributed by atoms with Gasteiger partial charge in [0.25, 0.3) is 0 Å². The van der Waals surface area contributed by atoms with E-state index in [9.17, 15) is 9.59 Å². The summed E-state index contributed by atoms with van der Waals surface area (Å²) in [6, 6.07) is 8.47. The van der Waals surface area contributed by atoms with Gasteiger partial charge in [-0.05, 0) is 54.1 Å². The van der Waals surface area contributed by atoms with Crippen LogP contribution in [0.3, 0.4) is 0 Å². The minimum absolute atomic E-state index is 0.203. The molecule has 3 fully saturated rings. The van der Waals surface area contributed by atoms with Crippen LogP contribution in [-0.2, 0) is 14.3 Å². The van der Waals surface area contributed by atoms with Crippen LogP contribution < -0.4 is 0 Å². The van der Waals surface area contributed by atoms with Gasteiger partial charge in [-0.3, -0.25) is 9.59 Å². The zero-order chi connectivity index (χ0) is 18.4. The van der Waals surface area contributed by atoms with Crippen molar-refractivity contribution >= 4 is 63.2 Å². The van der Waals surface area contributed by atoms with Crippen LogP contribution in [-0.4, -0.2) is 22.2 Å². The number of thioether (sulfide) groups is 1.